The van der Waals surface area contributed by atoms with Gasteiger partial charge in [-0.15, -0.1) is 0 Å². The van der Waals surface area contributed by atoms with Crippen molar-refractivity contribution in [3.63, 3.8) is 0 Å². The molecule has 9 aromatic rings. The lowest BCUT2D eigenvalue weighted by atomic mass is 9.49. The van der Waals surface area contributed by atoms with Gasteiger partial charge < -0.3 is 52.1 Å². The van der Waals surface area contributed by atoms with Crippen molar-refractivity contribution in [3.05, 3.63) is 221 Å². The summed E-state index contributed by atoms with van der Waals surface area (Å²) in [4.78, 5) is 37.9. The highest BCUT2D eigenvalue weighted by atomic mass is 16.7. The minimum absolute atomic E-state index is 0.0207. The Hall–Kier alpha value is -8.95. The predicted molar refractivity (Wildman–Crippen MR) is 408 cm³/mol. The summed E-state index contributed by atoms with van der Waals surface area (Å²) >= 11 is 0. The Morgan fingerprint density at radius 2 is 0.848 bits per heavy atom. The molecule has 0 amide bonds. The fraction of sp³-hybridized carbons (Fsp3) is 0.440. The van der Waals surface area contributed by atoms with Crippen LogP contribution in [0.4, 0.5) is 0 Å². The largest absolute Gasteiger partial charge is 0.465 e. The van der Waals surface area contributed by atoms with Crippen molar-refractivity contribution >= 4 is 50.2 Å². The molecule has 5 unspecified atom stereocenters. The molecular weight excluding hydrogens is 1320 g/mol. The number of ether oxygens (including phenoxy) is 11. The van der Waals surface area contributed by atoms with Crippen LogP contribution in [-0.4, -0.2) is 82.2 Å². The van der Waals surface area contributed by atoms with Crippen LogP contribution in [0.15, 0.2) is 188 Å². The first-order valence-corrected chi connectivity index (χ1v) is 38.4. The number of benzene rings is 9. The van der Waals surface area contributed by atoms with Gasteiger partial charge in [-0.25, -0.2) is 4.79 Å². The third kappa shape index (κ3) is 18.3. The number of fused-ring (bicyclic) bond motifs is 7. The first-order chi connectivity index (χ1) is 51.0. The molecule has 9 fully saturated rings. The Morgan fingerprint density at radius 1 is 0.429 bits per heavy atom. The molecule has 8 bridgehead atoms. The summed E-state index contributed by atoms with van der Waals surface area (Å²) in [5, 5.41) is 7.02. The highest BCUT2D eigenvalue weighted by Crippen LogP contribution is 2.62. The topological polar surface area (TPSA) is 153 Å². The van der Waals surface area contributed by atoms with Crippen LogP contribution in [0.25, 0.3) is 32.3 Å². The number of carbonyl (C=O) groups is 3. The van der Waals surface area contributed by atoms with Gasteiger partial charge in [0.2, 0.25) is 6.29 Å². The van der Waals surface area contributed by atoms with Gasteiger partial charge in [0, 0.05) is 17.4 Å². The van der Waals surface area contributed by atoms with Crippen molar-refractivity contribution in [1.82, 2.24) is 0 Å². The molecule has 14 nitrogen and oxygen atoms in total. The van der Waals surface area contributed by atoms with Crippen LogP contribution < -0.4 is 23.7 Å². The number of hydrogen-bond donors (Lipinski definition) is 0. The lowest BCUT2D eigenvalue weighted by Gasteiger charge is -2.55. The van der Waals surface area contributed by atoms with Gasteiger partial charge in [-0.05, 0) is 255 Å². The van der Waals surface area contributed by atoms with E-state index in [1.807, 2.05) is 149 Å². The first-order valence-electron chi connectivity index (χ1n) is 38.4. The SMILES string of the molecule is Cc1ccc(OC(C)OCCOC(=O)C23CC4CC(CC(C4)C2)C3)cc1.Cc1ccc(OC(C)OCCOC(=O)c2ccc3ccccc3c2)cc1.Cc1ccc(OC2CCCC(COC(=O)C34CC5CC(CC(C5)C3)C4)O2)cc1.Cc1ccc(OC2Cc3c(c4ccccc4c4ccccc34)O2)cc1. The fourth-order valence-electron chi connectivity index (χ4n) is 18.5. The molecule has 0 radical (unpaired) electrons. The standard InChI is InChI=1S/C24H32O4.C23H18O2.C22H30O4.C22H22O4/c1-16-5-7-20(8-6-16)27-22-4-2-3-21(28-22)15-26-23(25)24-12-17-9-18(13-24)11-19(10-17)14-24;1-15-10-12-16(13-11-15)24-22-14-21-19-8-3-2-6-17(19)18-7-4-5-9-20(18)23(21)25-22;1-15-3-5-20(6-4-15)26-16(2)24-7-8-25-21(23)22-12-17-9-18(13-22)11-19(10-17)14-22;1-16-7-11-21(12-8-16)26-17(2)24-13-14-25-22(23)20-10-9-18-5-3-4-6-19(18)15-20/h5-8,17-19,21-22H,2-4,9-15H2,1H3;2-13,22H,14H2,1H3;3-6,16-19H,7-14H2,1-2H3;3-12,15,17H,13-14H2,1-2H3. The Kier molecular flexibility index (Phi) is 23.1. The van der Waals surface area contributed by atoms with E-state index in [1.165, 1.54) is 82.5 Å². The predicted octanol–water partition coefficient (Wildman–Crippen LogP) is 19.9. The number of carbonyl (C=O) groups excluding carboxylic acids is 3. The fourth-order valence-corrected chi connectivity index (χ4v) is 18.5. The van der Waals surface area contributed by atoms with Crippen LogP contribution in [0.2, 0.25) is 0 Å². The second-order valence-corrected chi connectivity index (χ2v) is 31.2. The van der Waals surface area contributed by atoms with E-state index >= 15 is 0 Å². The highest BCUT2D eigenvalue weighted by molar-refractivity contribution is 6.12. The van der Waals surface area contributed by atoms with E-state index < -0.39 is 6.29 Å². The molecular formula is C91H102O14. The lowest BCUT2D eigenvalue weighted by Crippen LogP contribution is -2.51. The molecule has 14 heteroatoms. The first kappa shape index (κ1) is 73.0. The molecule has 0 N–H and O–H groups in total. The molecule has 2 aliphatic heterocycles. The molecule has 8 saturated carbocycles. The minimum Gasteiger partial charge on any atom is -0.465 e. The number of hydrogen-bond acceptors (Lipinski definition) is 14. The highest BCUT2D eigenvalue weighted by Gasteiger charge is 2.57. The van der Waals surface area contributed by atoms with Crippen LogP contribution in [0.5, 0.6) is 28.7 Å². The molecule has 10 aliphatic rings. The summed E-state index contributed by atoms with van der Waals surface area (Å²) in [7, 11) is 0. The average Bonchev–Trinajstić information content (AvgIpc) is 1.65. The lowest BCUT2D eigenvalue weighted by molar-refractivity contribution is -0.189. The third-order valence-electron chi connectivity index (χ3n) is 22.8. The van der Waals surface area contributed by atoms with Crippen LogP contribution >= 0.6 is 0 Å². The number of aryl methyl sites for hydroxylation is 4. The number of esters is 3. The summed E-state index contributed by atoms with van der Waals surface area (Å²) in [5.74, 6) is 8.45. The monoisotopic (exact) mass is 1420 g/mol. The Morgan fingerprint density at radius 3 is 1.35 bits per heavy atom. The molecule has 19 rings (SSSR count). The van der Waals surface area contributed by atoms with E-state index in [1.54, 1.807) is 6.07 Å². The van der Waals surface area contributed by atoms with Gasteiger partial charge in [0.25, 0.3) is 0 Å². The van der Waals surface area contributed by atoms with Crippen molar-refractivity contribution in [1.29, 1.82) is 0 Å². The van der Waals surface area contributed by atoms with Gasteiger partial charge in [0.05, 0.1) is 42.1 Å². The zero-order valence-electron chi connectivity index (χ0n) is 61.8. The van der Waals surface area contributed by atoms with Gasteiger partial charge in [0.1, 0.15) is 48.6 Å². The Bertz CT molecular complexity index is 4280. The van der Waals surface area contributed by atoms with E-state index in [0.717, 1.165) is 145 Å². The average molecular weight is 1420 g/mol. The van der Waals surface area contributed by atoms with Crippen LogP contribution in [-0.2, 0) is 44.4 Å². The van der Waals surface area contributed by atoms with E-state index in [4.69, 9.17) is 52.1 Å². The molecule has 105 heavy (non-hydrogen) atoms. The molecule has 0 aromatic heterocycles. The maximum absolute atomic E-state index is 13.0. The molecule has 2 heterocycles. The van der Waals surface area contributed by atoms with Gasteiger partial charge >= 0.3 is 17.9 Å². The van der Waals surface area contributed by atoms with Gasteiger partial charge in [-0.2, -0.15) is 0 Å². The van der Waals surface area contributed by atoms with Gasteiger partial charge in [0.15, 0.2) is 18.9 Å². The summed E-state index contributed by atoms with van der Waals surface area (Å²) in [6.07, 6.45) is 16.6. The number of rotatable bonds is 21. The molecule has 8 aliphatic carbocycles. The normalized spacial score (nSPS) is 25.3. The summed E-state index contributed by atoms with van der Waals surface area (Å²) in [6, 6.07) is 62.2. The van der Waals surface area contributed by atoms with Crippen molar-refractivity contribution in [2.75, 3.05) is 33.0 Å². The Balaban J connectivity index is 0.000000118. The maximum Gasteiger partial charge on any atom is 0.338 e. The molecule has 550 valence electrons. The maximum atomic E-state index is 13.0. The van der Waals surface area contributed by atoms with Crippen LogP contribution in [0.1, 0.15) is 148 Å². The third-order valence-corrected chi connectivity index (χ3v) is 22.8. The molecule has 9 aromatic carbocycles. The van der Waals surface area contributed by atoms with Gasteiger partial charge in [-0.3, -0.25) is 9.59 Å². The smallest absolute Gasteiger partial charge is 0.338 e. The van der Waals surface area contributed by atoms with E-state index in [9.17, 15) is 14.4 Å². The summed E-state index contributed by atoms with van der Waals surface area (Å²) < 4.78 is 63.7. The van der Waals surface area contributed by atoms with Crippen molar-refractivity contribution < 1.29 is 66.5 Å². The van der Waals surface area contributed by atoms with Crippen molar-refractivity contribution in [2.24, 2.45) is 46.3 Å². The molecule has 5 atom stereocenters. The van der Waals surface area contributed by atoms with E-state index in [-0.39, 0.29) is 66.9 Å². The summed E-state index contributed by atoms with van der Waals surface area (Å²) in [5.41, 5.74) is 6.22. The van der Waals surface area contributed by atoms with E-state index in [2.05, 4.69) is 74.5 Å². The van der Waals surface area contributed by atoms with E-state index in [0.29, 0.717) is 25.4 Å². The zero-order valence-corrected chi connectivity index (χ0v) is 61.8. The second-order valence-electron chi connectivity index (χ2n) is 31.2. The van der Waals surface area contributed by atoms with Gasteiger partial charge in [-0.1, -0.05) is 150 Å². The molecule has 0 spiro atoms. The van der Waals surface area contributed by atoms with Crippen LogP contribution in [0.3, 0.4) is 0 Å². The Labute approximate surface area is 618 Å². The minimum atomic E-state index is -0.419. The molecule has 1 saturated heterocycles. The van der Waals surface area contributed by atoms with Crippen LogP contribution in [0, 0.1) is 74.0 Å². The quantitative estimate of drug-likeness (QED) is 0.0220. The van der Waals surface area contributed by atoms with Crippen molar-refractivity contribution in [3.8, 4) is 28.7 Å². The van der Waals surface area contributed by atoms with Crippen molar-refractivity contribution in [2.45, 2.75) is 176 Å². The summed E-state index contributed by atoms with van der Waals surface area (Å²) in [6.45, 7) is 13.4. The second kappa shape index (κ2) is 33.2. The zero-order chi connectivity index (χ0) is 72.4.